The smallest absolute Gasteiger partial charge is 0.254 e. The fraction of sp³-hybridized carbons (Fsp3) is 0.304. The normalized spacial score (nSPS) is 15.6. The first kappa shape index (κ1) is 19.3. The number of aryl methyl sites for hydroxylation is 2. The van der Waals surface area contributed by atoms with Gasteiger partial charge in [0.15, 0.2) is 0 Å². The Hall–Kier alpha value is -3.68. The van der Waals surface area contributed by atoms with E-state index in [-0.39, 0.29) is 11.9 Å². The summed E-state index contributed by atoms with van der Waals surface area (Å²) >= 11 is 0. The highest BCUT2D eigenvalue weighted by Crippen LogP contribution is 2.36. The van der Waals surface area contributed by atoms with Crippen LogP contribution in [-0.4, -0.2) is 38.2 Å². The third-order valence-corrected chi connectivity index (χ3v) is 6.24. The van der Waals surface area contributed by atoms with Crippen LogP contribution in [0.15, 0.2) is 36.7 Å². The Bertz CT molecular complexity index is 1280. The van der Waals surface area contributed by atoms with Crippen molar-refractivity contribution in [2.24, 2.45) is 0 Å². The maximum absolute atomic E-state index is 13.4. The number of benzene rings is 2. The van der Waals surface area contributed by atoms with Crippen molar-refractivity contribution in [1.82, 2.24) is 30.5 Å². The Morgan fingerprint density at radius 2 is 2.13 bits per heavy atom. The van der Waals surface area contributed by atoms with E-state index in [1.807, 2.05) is 38.1 Å². The molecule has 0 fully saturated rings. The average Bonchev–Trinajstić information content (AvgIpc) is 3.43. The molecule has 1 atom stereocenters. The van der Waals surface area contributed by atoms with Gasteiger partial charge >= 0.3 is 0 Å². The Balaban J connectivity index is 1.51. The molecular formula is C23H24N6O2. The van der Waals surface area contributed by atoms with E-state index >= 15 is 0 Å². The zero-order chi connectivity index (χ0) is 21.5. The van der Waals surface area contributed by atoms with Crippen molar-refractivity contribution in [3.63, 3.8) is 0 Å². The number of hydrogen-bond acceptors (Lipinski definition) is 5. The molecule has 158 valence electrons. The maximum Gasteiger partial charge on any atom is 0.254 e. The fourth-order valence-electron chi connectivity index (χ4n) is 4.49. The molecule has 0 saturated heterocycles. The Labute approximate surface area is 179 Å². The number of methoxy groups -OCH3 is 1. The molecule has 1 unspecified atom stereocenters. The molecule has 2 aromatic heterocycles. The van der Waals surface area contributed by atoms with Crippen LogP contribution in [0.5, 0.6) is 5.75 Å². The number of hydrogen-bond donors (Lipinski definition) is 2. The number of tetrazole rings is 1. The molecule has 2 heterocycles. The largest absolute Gasteiger partial charge is 0.497 e. The van der Waals surface area contributed by atoms with Crippen molar-refractivity contribution < 1.29 is 9.53 Å². The van der Waals surface area contributed by atoms with Crippen LogP contribution >= 0.6 is 0 Å². The van der Waals surface area contributed by atoms with Gasteiger partial charge in [0.05, 0.1) is 24.4 Å². The summed E-state index contributed by atoms with van der Waals surface area (Å²) in [6, 6.07) is 9.76. The molecule has 2 N–H and O–H groups in total. The van der Waals surface area contributed by atoms with Gasteiger partial charge < -0.3 is 15.0 Å². The maximum atomic E-state index is 13.4. The van der Waals surface area contributed by atoms with E-state index in [0.29, 0.717) is 11.3 Å². The standard InChI is InChI=1S/C23H24N6O2/c1-13-7-9-17(22(14(13)2)29-12-24-27-28-29)23(30)26-20-6-4-5-16-18-11-15(31-3)8-10-19(18)25-21(16)20/h7-12,20,25H,4-6H2,1-3H3,(H,26,30). The van der Waals surface area contributed by atoms with E-state index in [0.717, 1.165) is 52.7 Å². The molecule has 2 aromatic carbocycles. The number of H-pyrrole nitrogens is 1. The topological polar surface area (TPSA) is 97.7 Å². The second-order valence-electron chi connectivity index (χ2n) is 8.01. The minimum atomic E-state index is -0.136. The van der Waals surface area contributed by atoms with Crippen LogP contribution in [0.4, 0.5) is 0 Å². The van der Waals surface area contributed by atoms with Crippen LogP contribution in [-0.2, 0) is 6.42 Å². The second-order valence-corrected chi connectivity index (χ2v) is 8.01. The van der Waals surface area contributed by atoms with E-state index in [9.17, 15) is 4.79 Å². The lowest BCUT2D eigenvalue weighted by molar-refractivity contribution is 0.0931. The van der Waals surface area contributed by atoms with Crippen LogP contribution in [0.3, 0.4) is 0 Å². The third kappa shape index (κ3) is 3.24. The molecule has 0 aliphatic heterocycles. The summed E-state index contributed by atoms with van der Waals surface area (Å²) in [7, 11) is 1.68. The van der Waals surface area contributed by atoms with E-state index in [1.54, 1.807) is 11.8 Å². The molecule has 5 rings (SSSR count). The van der Waals surface area contributed by atoms with Crippen LogP contribution in [0.2, 0.25) is 0 Å². The summed E-state index contributed by atoms with van der Waals surface area (Å²) in [6.45, 7) is 3.99. The minimum absolute atomic E-state index is 0.0852. The summed E-state index contributed by atoms with van der Waals surface area (Å²) in [5.74, 6) is 0.698. The number of rotatable bonds is 4. The third-order valence-electron chi connectivity index (χ3n) is 6.24. The number of ether oxygens (including phenoxy) is 1. The van der Waals surface area contributed by atoms with Gasteiger partial charge in [-0.3, -0.25) is 4.79 Å². The molecule has 0 spiro atoms. The van der Waals surface area contributed by atoms with Crippen molar-refractivity contribution >= 4 is 16.8 Å². The number of amides is 1. The van der Waals surface area contributed by atoms with Crippen LogP contribution in [0.25, 0.3) is 16.6 Å². The summed E-state index contributed by atoms with van der Waals surface area (Å²) < 4.78 is 6.95. The molecule has 1 aliphatic carbocycles. The Morgan fingerprint density at radius 3 is 2.90 bits per heavy atom. The van der Waals surface area contributed by atoms with Crippen LogP contribution in [0, 0.1) is 13.8 Å². The van der Waals surface area contributed by atoms with E-state index in [1.165, 1.54) is 11.9 Å². The molecule has 8 nitrogen and oxygen atoms in total. The van der Waals surface area contributed by atoms with Gasteiger partial charge in [-0.05, 0) is 84.5 Å². The molecule has 1 amide bonds. The number of nitrogens with zero attached hydrogens (tertiary/aromatic N) is 4. The fourth-order valence-corrected chi connectivity index (χ4v) is 4.49. The number of carbonyl (C=O) groups is 1. The van der Waals surface area contributed by atoms with E-state index in [2.05, 4.69) is 31.9 Å². The first-order valence-electron chi connectivity index (χ1n) is 10.4. The van der Waals surface area contributed by atoms with Gasteiger partial charge in [-0.1, -0.05) is 6.07 Å². The molecule has 0 bridgehead atoms. The average molecular weight is 416 g/mol. The van der Waals surface area contributed by atoms with Gasteiger partial charge in [-0.2, -0.15) is 4.68 Å². The zero-order valence-corrected chi connectivity index (χ0v) is 17.8. The van der Waals surface area contributed by atoms with Gasteiger partial charge in [-0.15, -0.1) is 5.10 Å². The predicted molar refractivity (Wildman–Crippen MR) is 117 cm³/mol. The van der Waals surface area contributed by atoms with Crippen molar-refractivity contribution in [1.29, 1.82) is 0 Å². The van der Waals surface area contributed by atoms with Crippen molar-refractivity contribution in [2.45, 2.75) is 39.2 Å². The SMILES string of the molecule is COc1ccc2[nH]c3c(c2c1)CCCC3NC(=O)c1ccc(C)c(C)c1-n1cnnn1. The van der Waals surface area contributed by atoms with Crippen LogP contribution in [0.1, 0.15) is 51.6 Å². The highest BCUT2D eigenvalue weighted by molar-refractivity contribution is 5.99. The predicted octanol–water partition coefficient (Wildman–Crippen LogP) is 3.58. The molecule has 0 radical (unpaired) electrons. The van der Waals surface area contributed by atoms with Gasteiger partial charge in [-0.25, -0.2) is 0 Å². The second kappa shape index (κ2) is 7.54. The van der Waals surface area contributed by atoms with Gasteiger partial charge in [0, 0.05) is 16.6 Å². The summed E-state index contributed by atoms with van der Waals surface area (Å²) in [5, 5.41) is 15.9. The van der Waals surface area contributed by atoms with Gasteiger partial charge in [0.2, 0.25) is 0 Å². The molecular weight excluding hydrogens is 392 g/mol. The number of aromatic amines is 1. The van der Waals surface area contributed by atoms with Crippen molar-refractivity contribution in [3.05, 3.63) is 64.6 Å². The number of aromatic nitrogens is 5. The Morgan fingerprint density at radius 1 is 1.26 bits per heavy atom. The van der Waals surface area contributed by atoms with E-state index < -0.39 is 0 Å². The van der Waals surface area contributed by atoms with Crippen LogP contribution < -0.4 is 10.1 Å². The number of fused-ring (bicyclic) bond motifs is 3. The first-order chi connectivity index (χ1) is 15.1. The lowest BCUT2D eigenvalue weighted by atomic mass is 9.91. The summed E-state index contributed by atoms with van der Waals surface area (Å²) in [6.07, 6.45) is 4.39. The number of carbonyl (C=O) groups excluding carboxylic acids is 1. The highest BCUT2D eigenvalue weighted by atomic mass is 16.5. The van der Waals surface area contributed by atoms with Gasteiger partial charge in [0.1, 0.15) is 12.1 Å². The lowest BCUT2D eigenvalue weighted by Crippen LogP contribution is -2.32. The van der Waals surface area contributed by atoms with Gasteiger partial charge in [0.25, 0.3) is 5.91 Å². The van der Waals surface area contributed by atoms with Crippen molar-refractivity contribution in [3.8, 4) is 11.4 Å². The Kier molecular flexibility index (Phi) is 4.69. The molecule has 0 saturated carbocycles. The summed E-state index contributed by atoms with van der Waals surface area (Å²) in [4.78, 5) is 16.9. The molecule has 8 heteroatoms. The zero-order valence-electron chi connectivity index (χ0n) is 17.8. The van der Waals surface area contributed by atoms with E-state index in [4.69, 9.17) is 4.74 Å². The number of nitrogens with one attached hydrogen (secondary N) is 2. The first-order valence-corrected chi connectivity index (χ1v) is 10.4. The molecule has 1 aliphatic rings. The highest BCUT2D eigenvalue weighted by Gasteiger charge is 2.27. The molecule has 31 heavy (non-hydrogen) atoms. The summed E-state index contributed by atoms with van der Waals surface area (Å²) in [5.41, 5.74) is 6.71. The molecule has 4 aromatic rings. The lowest BCUT2D eigenvalue weighted by Gasteiger charge is -2.24. The van der Waals surface area contributed by atoms with Crippen molar-refractivity contribution in [2.75, 3.05) is 7.11 Å². The minimum Gasteiger partial charge on any atom is -0.497 e. The quantitative estimate of drug-likeness (QED) is 0.530. The monoisotopic (exact) mass is 416 g/mol.